The number of hydrogen-bond acceptors (Lipinski definition) is 5. The molecule has 2 heterocycles. The van der Waals surface area contributed by atoms with E-state index in [1.165, 1.54) is 0 Å². The summed E-state index contributed by atoms with van der Waals surface area (Å²) in [5.74, 6) is -0.479. The lowest BCUT2D eigenvalue weighted by Gasteiger charge is -2.23. The molecule has 2 rings (SSSR count). The number of nitrogen functional groups attached to an aromatic ring is 1. The molecule has 0 aliphatic carbocycles. The summed E-state index contributed by atoms with van der Waals surface area (Å²) in [4.78, 5) is 11.7. The third kappa shape index (κ3) is 2.33. The number of rotatable bonds is 3. The third-order valence-electron chi connectivity index (χ3n) is 3.09. The highest BCUT2D eigenvalue weighted by Gasteiger charge is 2.25. The zero-order valence-corrected chi connectivity index (χ0v) is 10.8. The number of carbonyl (C=O) groups excluding carboxylic acids is 1. The van der Waals surface area contributed by atoms with E-state index in [0.717, 1.165) is 31.6 Å². The van der Waals surface area contributed by atoms with Crippen LogP contribution in [0.4, 0.5) is 5.69 Å². The van der Waals surface area contributed by atoms with Gasteiger partial charge in [-0.15, -0.1) is 0 Å². The van der Waals surface area contributed by atoms with Crippen molar-refractivity contribution in [2.24, 2.45) is 0 Å². The maximum Gasteiger partial charge on any atom is 0.361 e. The normalized spacial score (nSPS) is 19.8. The van der Waals surface area contributed by atoms with Crippen molar-refractivity contribution in [3.63, 3.8) is 0 Å². The molecule has 0 radical (unpaired) electrons. The maximum absolute atomic E-state index is 11.7. The molecule has 0 saturated carbocycles. The SMILES string of the molecule is CCOC(=O)c1nn(C2CCCCO2)c(C)c1N. The van der Waals surface area contributed by atoms with Gasteiger partial charge >= 0.3 is 5.97 Å². The summed E-state index contributed by atoms with van der Waals surface area (Å²) in [5, 5.41) is 4.24. The van der Waals surface area contributed by atoms with Crippen LogP contribution in [0.5, 0.6) is 0 Å². The molecule has 0 spiro atoms. The minimum absolute atomic E-state index is 0.121. The monoisotopic (exact) mass is 253 g/mol. The second kappa shape index (κ2) is 5.39. The molecule has 100 valence electrons. The molecule has 1 saturated heterocycles. The molecule has 1 fully saturated rings. The summed E-state index contributed by atoms with van der Waals surface area (Å²) >= 11 is 0. The lowest BCUT2D eigenvalue weighted by atomic mass is 10.2. The first kappa shape index (κ1) is 12.9. The molecule has 0 amide bonds. The Morgan fingerprint density at radius 2 is 2.39 bits per heavy atom. The molecule has 0 aromatic carbocycles. The van der Waals surface area contributed by atoms with Crippen LogP contribution in [0.25, 0.3) is 0 Å². The molecular formula is C12H19N3O3. The van der Waals surface area contributed by atoms with Gasteiger partial charge in [0.05, 0.1) is 18.0 Å². The molecule has 1 atom stereocenters. The number of ether oxygens (including phenoxy) is 2. The number of hydrogen-bond donors (Lipinski definition) is 1. The van der Waals surface area contributed by atoms with Crippen molar-refractivity contribution in [3.8, 4) is 0 Å². The molecule has 6 nitrogen and oxygen atoms in total. The maximum atomic E-state index is 11.7. The second-order valence-corrected chi connectivity index (χ2v) is 4.33. The highest BCUT2D eigenvalue weighted by atomic mass is 16.5. The van der Waals surface area contributed by atoms with Crippen molar-refractivity contribution in [1.82, 2.24) is 9.78 Å². The van der Waals surface area contributed by atoms with Gasteiger partial charge in [-0.2, -0.15) is 5.10 Å². The molecule has 2 N–H and O–H groups in total. The summed E-state index contributed by atoms with van der Waals surface area (Å²) in [7, 11) is 0. The molecule has 6 heteroatoms. The predicted octanol–water partition coefficient (Wildman–Crippen LogP) is 1.65. The standard InChI is InChI=1S/C12H19N3O3/c1-3-17-12(16)11-10(13)8(2)15(14-11)9-6-4-5-7-18-9/h9H,3-7,13H2,1-2H3. The summed E-state index contributed by atoms with van der Waals surface area (Å²) in [5.41, 5.74) is 7.22. The van der Waals surface area contributed by atoms with Gasteiger partial charge in [0.1, 0.15) is 0 Å². The van der Waals surface area contributed by atoms with Crippen molar-refractivity contribution in [2.75, 3.05) is 18.9 Å². The average molecular weight is 253 g/mol. The van der Waals surface area contributed by atoms with Crippen LogP contribution in [0.3, 0.4) is 0 Å². The van der Waals surface area contributed by atoms with Crippen LogP contribution in [-0.2, 0) is 9.47 Å². The smallest absolute Gasteiger partial charge is 0.361 e. The molecule has 1 aromatic heterocycles. The van der Waals surface area contributed by atoms with Crippen molar-refractivity contribution >= 4 is 11.7 Å². The van der Waals surface area contributed by atoms with Gasteiger partial charge in [-0.1, -0.05) is 0 Å². The van der Waals surface area contributed by atoms with Gasteiger partial charge in [0, 0.05) is 6.61 Å². The number of anilines is 1. The molecule has 1 unspecified atom stereocenters. The molecule has 1 aliphatic rings. The van der Waals surface area contributed by atoms with E-state index in [9.17, 15) is 4.79 Å². The Balaban J connectivity index is 2.26. The molecular weight excluding hydrogens is 234 g/mol. The topological polar surface area (TPSA) is 79.4 Å². The predicted molar refractivity (Wildman–Crippen MR) is 66.2 cm³/mol. The van der Waals surface area contributed by atoms with Gasteiger partial charge < -0.3 is 15.2 Å². The van der Waals surface area contributed by atoms with Crippen molar-refractivity contribution < 1.29 is 14.3 Å². The van der Waals surface area contributed by atoms with Gasteiger partial charge in [0.25, 0.3) is 0 Å². The fourth-order valence-electron chi connectivity index (χ4n) is 2.08. The van der Waals surface area contributed by atoms with E-state index >= 15 is 0 Å². The molecule has 1 aliphatic heterocycles. The Morgan fingerprint density at radius 1 is 1.61 bits per heavy atom. The van der Waals surface area contributed by atoms with E-state index in [0.29, 0.717) is 12.3 Å². The van der Waals surface area contributed by atoms with Crippen LogP contribution in [0.2, 0.25) is 0 Å². The van der Waals surface area contributed by atoms with Crippen molar-refractivity contribution in [3.05, 3.63) is 11.4 Å². The second-order valence-electron chi connectivity index (χ2n) is 4.33. The fraction of sp³-hybridized carbons (Fsp3) is 0.667. The molecule has 1 aromatic rings. The summed E-state index contributed by atoms with van der Waals surface area (Å²) in [6.07, 6.45) is 2.93. The van der Waals surface area contributed by atoms with Crippen molar-refractivity contribution in [1.29, 1.82) is 0 Å². The van der Waals surface area contributed by atoms with Crippen LogP contribution < -0.4 is 5.73 Å². The Morgan fingerprint density at radius 3 is 3.00 bits per heavy atom. The largest absolute Gasteiger partial charge is 0.461 e. The van der Waals surface area contributed by atoms with Crippen LogP contribution in [0.1, 0.15) is 48.6 Å². The minimum Gasteiger partial charge on any atom is -0.461 e. The number of nitrogens with two attached hydrogens (primary N) is 1. The van der Waals surface area contributed by atoms with E-state index in [4.69, 9.17) is 15.2 Å². The number of carbonyl (C=O) groups is 1. The van der Waals surface area contributed by atoms with E-state index in [-0.39, 0.29) is 11.9 Å². The summed E-state index contributed by atoms with van der Waals surface area (Å²) in [6, 6.07) is 0. The van der Waals surface area contributed by atoms with E-state index < -0.39 is 5.97 Å². The highest BCUT2D eigenvalue weighted by molar-refractivity contribution is 5.93. The van der Waals surface area contributed by atoms with Gasteiger partial charge in [-0.05, 0) is 33.1 Å². The minimum atomic E-state index is -0.479. The lowest BCUT2D eigenvalue weighted by Crippen LogP contribution is -2.20. The Labute approximate surface area is 106 Å². The number of aromatic nitrogens is 2. The van der Waals surface area contributed by atoms with Crippen LogP contribution in [0, 0.1) is 6.92 Å². The lowest BCUT2D eigenvalue weighted by molar-refractivity contribution is -0.0408. The molecule has 18 heavy (non-hydrogen) atoms. The summed E-state index contributed by atoms with van der Waals surface area (Å²) in [6.45, 7) is 4.62. The average Bonchev–Trinajstić information content (AvgIpc) is 2.68. The first-order valence-corrected chi connectivity index (χ1v) is 6.28. The van der Waals surface area contributed by atoms with Gasteiger partial charge in [0.15, 0.2) is 11.9 Å². The van der Waals surface area contributed by atoms with Gasteiger partial charge in [-0.25, -0.2) is 9.48 Å². The zero-order chi connectivity index (χ0) is 13.1. The Bertz CT molecular complexity index is 436. The zero-order valence-electron chi connectivity index (χ0n) is 10.8. The van der Waals surface area contributed by atoms with Gasteiger partial charge in [0.2, 0.25) is 0 Å². The number of esters is 1. The highest BCUT2D eigenvalue weighted by Crippen LogP contribution is 2.27. The van der Waals surface area contributed by atoms with Crippen molar-refractivity contribution in [2.45, 2.75) is 39.3 Å². The number of nitrogens with zero attached hydrogens (tertiary/aromatic N) is 2. The first-order valence-electron chi connectivity index (χ1n) is 6.28. The van der Waals surface area contributed by atoms with E-state index in [2.05, 4.69) is 5.10 Å². The van der Waals surface area contributed by atoms with Gasteiger partial charge in [-0.3, -0.25) is 0 Å². The summed E-state index contributed by atoms with van der Waals surface area (Å²) < 4.78 is 12.3. The van der Waals surface area contributed by atoms with E-state index in [1.54, 1.807) is 11.6 Å². The third-order valence-corrected chi connectivity index (χ3v) is 3.09. The Hall–Kier alpha value is -1.56. The van der Waals surface area contributed by atoms with Crippen LogP contribution in [0.15, 0.2) is 0 Å². The quantitative estimate of drug-likeness (QED) is 0.828. The fourth-order valence-corrected chi connectivity index (χ4v) is 2.08. The van der Waals surface area contributed by atoms with E-state index in [1.807, 2.05) is 6.92 Å². The molecule has 0 bridgehead atoms. The van der Waals surface area contributed by atoms with Crippen LogP contribution >= 0.6 is 0 Å². The first-order chi connectivity index (χ1) is 8.65. The van der Waals surface area contributed by atoms with Crippen LogP contribution in [-0.4, -0.2) is 29.0 Å². The Kier molecular flexibility index (Phi) is 3.86.